The van der Waals surface area contributed by atoms with Crippen molar-refractivity contribution >= 4 is 27.4 Å². The molecule has 1 rings (SSSR count). The van der Waals surface area contributed by atoms with Gasteiger partial charge in [0.05, 0.1) is 9.92 Å². The summed E-state index contributed by atoms with van der Waals surface area (Å²) in [5, 5.41) is 8.23. The predicted molar refractivity (Wildman–Crippen MR) is 55.8 cm³/mol. The van der Waals surface area contributed by atoms with Gasteiger partial charge in [0.25, 0.3) is 0 Å². The van der Waals surface area contributed by atoms with E-state index in [0.29, 0.717) is 0 Å². The molecule has 88 valence electrons. The minimum absolute atomic E-state index is 0.180. The lowest BCUT2D eigenvalue weighted by atomic mass is 10.2. The van der Waals surface area contributed by atoms with Crippen molar-refractivity contribution in [1.82, 2.24) is 0 Å². The molecule has 1 aromatic carbocycles. The number of benzene rings is 1. The minimum atomic E-state index is -4.10. The summed E-state index contributed by atoms with van der Waals surface area (Å²) in [7, 11) is -4.10. The maximum Gasteiger partial charge on any atom is 0.319 e. The van der Waals surface area contributed by atoms with Crippen LogP contribution in [0.15, 0.2) is 17.0 Å². The fourth-order valence-electron chi connectivity index (χ4n) is 1.11. The Morgan fingerprint density at radius 3 is 2.56 bits per heavy atom. The predicted octanol–water partition coefficient (Wildman–Crippen LogP) is 1.65. The van der Waals surface area contributed by atoms with Crippen molar-refractivity contribution < 1.29 is 22.7 Å². The lowest BCUT2D eigenvalue weighted by Gasteiger charge is -2.06. The van der Waals surface area contributed by atoms with Gasteiger partial charge in [-0.15, -0.1) is 0 Å². The van der Waals surface area contributed by atoms with Crippen molar-refractivity contribution in [3.8, 4) is 0 Å². The largest absolute Gasteiger partial charge is 0.480 e. The van der Waals surface area contributed by atoms with Gasteiger partial charge in [-0.05, 0) is 24.6 Å². The molecule has 1 aromatic rings. The molecule has 0 aliphatic carbocycles. The second-order valence-corrected chi connectivity index (χ2v) is 5.55. The molecule has 0 saturated carbocycles. The molecular formula is C9H8ClFO4S. The monoisotopic (exact) mass is 266 g/mol. The van der Waals surface area contributed by atoms with E-state index in [1.807, 2.05) is 0 Å². The van der Waals surface area contributed by atoms with Gasteiger partial charge in [-0.1, -0.05) is 11.6 Å². The molecule has 0 aliphatic rings. The molecule has 0 unspecified atom stereocenters. The number of sulfone groups is 1. The van der Waals surface area contributed by atoms with Crippen molar-refractivity contribution in [1.29, 1.82) is 0 Å². The van der Waals surface area contributed by atoms with E-state index in [9.17, 15) is 17.6 Å². The number of aryl methyl sites for hydroxylation is 1. The van der Waals surface area contributed by atoms with Gasteiger partial charge in [-0.25, -0.2) is 12.8 Å². The third kappa shape index (κ3) is 2.70. The number of carboxylic acid groups (broad SMARTS) is 1. The lowest BCUT2D eigenvalue weighted by molar-refractivity contribution is -0.134. The van der Waals surface area contributed by atoms with Crippen LogP contribution in [0.5, 0.6) is 0 Å². The average molecular weight is 267 g/mol. The number of carboxylic acids is 1. The zero-order chi connectivity index (χ0) is 12.5. The smallest absolute Gasteiger partial charge is 0.319 e. The minimum Gasteiger partial charge on any atom is -0.480 e. The number of carbonyl (C=O) groups is 1. The van der Waals surface area contributed by atoms with Crippen molar-refractivity contribution in [2.24, 2.45) is 0 Å². The Morgan fingerprint density at radius 1 is 1.50 bits per heavy atom. The number of halogens is 2. The highest BCUT2D eigenvalue weighted by molar-refractivity contribution is 7.92. The summed E-state index contributed by atoms with van der Waals surface area (Å²) in [4.78, 5) is 9.84. The molecule has 0 atom stereocenters. The summed E-state index contributed by atoms with van der Waals surface area (Å²) >= 11 is 5.63. The van der Waals surface area contributed by atoms with Gasteiger partial charge in [-0.3, -0.25) is 4.79 Å². The van der Waals surface area contributed by atoms with Crippen LogP contribution in [-0.2, 0) is 14.6 Å². The first-order valence-corrected chi connectivity index (χ1v) is 6.17. The lowest BCUT2D eigenvalue weighted by Crippen LogP contribution is -2.16. The Hall–Kier alpha value is -1.14. The van der Waals surface area contributed by atoms with Crippen molar-refractivity contribution in [3.63, 3.8) is 0 Å². The third-order valence-electron chi connectivity index (χ3n) is 1.86. The summed E-state index contributed by atoms with van der Waals surface area (Å²) in [6.07, 6.45) is 0. The first-order chi connectivity index (χ1) is 7.24. The second-order valence-electron chi connectivity index (χ2n) is 3.18. The average Bonchev–Trinajstić information content (AvgIpc) is 2.08. The first kappa shape index (κ1) is 12.9. The molecule has 0 aliphatic heterocycles. The Bertz CT molecular complexity index is 539. The van der Waals surface area contributed by atoms with E-state index < -0.39 is 32.3 Å². The fourth-order valence-corrected chi connectivity index (χ4v) is 2.80. The molecule has 0 bridgehead atoms. The molecule has 0 radical (unpaired) electrons. The number of rotatable bonds is 3. The SMILES string of the molecule is Cc1cc(Cl)c(S(=O)(=O)CC(=O)O)cc1F. The highest BCUT2D eigenvalue weighted by Crippen LogP contribution is 2.25. The molecule has 4 nitrogen and oxygen atoms in total. The van der Waals surface area contributed by atoms with Gasteiger partial charge in [0, 0.05) is 0 Å². The third-order valence-corrected chi connectivity index (χ3v) is 3.92. The number of hydrogen-bond donors (Lipinski definition) is 1. The molecule has 7 heteroatoms. The molecule has 1 N–H and O–H groups in total. The first-order valence-electron chi connectivity index (χ1n) is 4.14. The van der Waals surface area contributed by atoms with E-state index in [1.165, 1.54) is 6.92 Å². The Balaban J connectivity index is 3.34. The normalized spacial score (nSPS) is 11.4. The molecule has 16 heavy (non-hydrogen) atoms. The molecule has 0 fully saturated rings. The molecule has 0 saturated heterocycles. The summed E-state index contributed by atoms with van der Waals surface area (Å²) in [6, 6.07) is 1.88. The highest BCUT2D eigenvalue weighted by Gasteiger charge is 2.23. The molecule has 0 heterocycles. The van der Waals surface area contributed by atoms with E-state index in [1.54, 1.807) is 0 Å². The molecule has 0 amide bonds. The summed E-state index contributed by atoms with van der Waals surface area (Å²) in [5.74, 6) is -3.37. The second kappa shape index (κ2) is 4.39. The summed E-state index contributed by atoms with van der Waals surface area (Å²) in [6.45, 7) is 1.43. The zero-order valence-corrected chi connectivity index (χ0v) is 9.77. The van der Waals surface area contributed by atoms with Gasteiger partial charge >= 0.3 is 5.97 Å². The van der Waals surface area contributed by atoms with E-state index >= 15 is 0 Å². The van der Waals surface area contributed by atoms with Crippen molar-refractivity contribution in [2.45, 2.75) is 11.8 Å². The van der Waals surface area contributed by atoms with Crippen LogP contribution >= 0.6 is 11.6 Å². The van der Waals surface area contributed by atoms with Gasteiger partial charge in [0.1, 0.15) is 5.82 Å². The van der Waals surface area contributed by atoms with E-state index in [4.69, 9.17) is 16.7 Å². The van der Waals surface area contributed by atoms with Gasteiger partial charge in [0.2, 0.25) is 0 Å². The Labute approximate surface area is 96.6 Å². The van der Waals surface area contributed by atoms with Gasteiger partial charge in [0.15, 0.2) is 15.6 Å². The maximum absolute atomic E-state index is 13.2. The van der Waals surface area contributed by atoms with Crippen LogP contribution < -0.4 is 0 Å². The number of aliphatic carboxylic acids is 1. The van der Waals surface area contributed by atoms with Crippen LogP contribution in [0.25, 0.3) is 0 Å². The molecule has 0 spiro atoms. The van der Waals surface area contributed by atoms with Gasteiger partial charge < -0.3 is 5.11 Å². The fraction of sp³-hybridized carbons (Fsp3) is 0.222. The quantitative estimate of drug-likeness (QED) is 0.903. The molecular weight excluding hydrogens is 259 g/mol. The number of hydrogen-bond acceptors (Lipinski definition) is 3. The van der Waals surface area contributed by atoms with Crippen LogP contribution in [0.3, 0.4) is 0 Å². The van der Waals surface area contributed by atoms with Crippen LogP contribution in [-0.4, -0.2) is 25.2 Å². The van der Waals surface area contributed by atoms with Crippen LogP contribution in [0.2, 0.25) is 5.02 Å². The van der Waals surface area contributed by atoms with E-state index in [2.05, 4.69) is 0 Å². The Kier molecular flexibility index (Phi) is 3.54. The zero-order valence-electron chi connectivity index (χ0n) is 8.20. The Morgan fingerprint density at radius 2 is 2.06 bits per heavy atom. The van der Waals surface area contributed by atoms with Crippen LogP contribution in [0, 0.1) is 12.7 Å². The highest BCUT2D eigenvalue weighted by atomic mass is 35.5. The summed E-state index contributed by atoms with van der Waals surface area (Å²) < 4.78 is 36.1. The topological polar surface area (TPSA) is 71.4 Å². The van der Waals surface area contributed by atoms with E-state index in [0.717, 1.165) is 12.1 Å². The van der Waals surface area contributed by atoms with Crippen molar-refractivity contribution in [2.75, 3.05) is 5.75 Å². The summed E-state index contributed by atoms with van der Waals surface area (Å²) in [5.41, 5.74) is 0.194. The maximum atomic E-state index is 13.2. The van der Waals surface area contributed by atoms with Crippen LogP contribution in [0.4, 0.5) is 4.39 Å². The standard InChI is InChI=1S/C9H8ClFO4S/c1-5-2-6(10)8(3-7(5)11)16(14,15)4-9(12)13/h2-3H,4H2,1H3,(H,12,13). The van der Waals surface area contributed by atoms with E-state index in [-0.39, 0.29) is 10.6 Å². The van der Waals surface area contributed by atoms with Crippen LogP contribution in [0.1, 0.15) is 5.56 Å². The molecule has 0 aromatic heterocycles. The van der Waals surface area contributed by atoms with Gasteiger partial charge in [-0.2, -0.15) is 0 Å². The van der Waals surface area contributed by atoms with Crippen molar-refractivity contribution in [3.05, 3.63) is 28.5 Å².